The lowest BCUT2D eigenvalue weighted by Gasteiger charge is -2.21. The highest BCUT2D eigenvalue weighted by Crippen LogP contribution is 2.19. The SMILES string of the molecule is CC(C)(C)n1cncc1Cl. The Morgan fingerprint density at radius 3 is 2.30 bits per heavy atom. The summed E-state index contributed by atoms with van der Waals surface area (Å²) in [5.74, 6) is 0. The first-order chi connectivity index (χ1) is 4.52. The molecule has 1 rings (SSSR count). The molecule has 2 nitrogen and oxygen atoms in total. The van der Waals surface area contributed by atoms with Gasteiger partial charge in [0.15, 0.2) is 0 Å². The fourth-order valence-corrected chi connectivity index (χ4v) is 1.13. The third kappa shape index (κ3) is 1.32. The van der Waals surface area contributed by atoms with E-state index in [1.807, 2.05) is 4.57 Å². The Bertz CT molecular complexity index is 222. The van der Waals surface area contributed by atoms with Gasteiger partial charge < -0.3 is 4.57 Å². The van der Waals surface area contributed by atoms with Crippen molar-refractivity contribution in [3.05, 3.63) is 17.7 Å². The van der Waals surface area contributed by atoms with E-state index in [2.05, 4.69) is 25.8 Å². The van der Waals surface area contributed by atoms with Crippen LogP contribution >= 0.6 is 11.6 Å². The third-order valence-electron chi connectivity index (χ3n) is 1.32. The van der Waals surface area contributed by atoms with E-state index in [0.717, 1.165) is 0 Å². The van der Waals surface area contributed by atoms with Crippen LogP contribution in [0, 0.1) is 0 Å². The average molecular weight is 159 g/mol. The van der Waals surface area contributed by atoms with Gasteiger partial charge in [0.2, 0.25) is 0 Å². The first-order valence-electron chi connectivity index (χ1n) is 3.20. The highest BCUT2D eigenvalue weighted by Gasteiger charge is 2.14. The van der Waals surface area contributed by atoms with E-state index in [9.17, 15) is 0 Å². The molecule has 0 aliphatic heterocycles. The van der Waals surface area contributed by atoms with Gasteiger partial charge in [0.1, 0.15) is 5.15 Å². The maximum atomic E-state index is 5.82. The van der Waals surface area contributed by atoms with Crippen molar-refractivity contribution in [2.24, 2.45) is 0 Å². The second kappa shape index (κ2) is 2.27. The van der Waals surface area contributed by atoms with Crippen molar-refractivity contribution in [3.63, 3.8) is 0 Å². The van der Waals surface area contributed by atoms with Crippen molar-refractivity contribution in [2.75, 3.05) is 0 Å². The summed E-state index contributed by atoms with van der Waals surface area (Å²) in [4.78, 5) is 3.92. The molecular weight excluding hydrogens is 148 g/mol. The Hall–Kier alpha value is -0.500. The van der Waals surface area contributed by atoms with Gasteiger partial charge in [-0.25, -0.2) is 4.98 Å². The van der Waals surface area contributed by atoms with E-state index in [-0.39, 0.29) is 5.54 Å². The first-order valence-corrected chi connectivity index (χ1v) is 3.58. The van der Waals surface area contributed by atoms with Gasteiger partial charge >= 0.3 is 0 Å². The quantitative estimate of drug-likeness (QED) is 0.567. The summed E-state index contributed by atoms with van der Waals surface area (Å²) in [5.41, 5.74) is 0.0353. The monoisotopic (exact) mass is 158 g/mol. The van der Waals surface area contributed by atoms with Crippen molar-refractivity contribution >= 4 is 11.6 Å². The van der Waals surface area contributed by atoms with Crippen LogP contribution < -0.4 is 0 Å². The van der Waals surface area contributed by atoms with Crippen LogP contribution in [-0.2, 0) is 5.54 Å². The molecule has 0 saturated heterocycles. The van der Waals surface area contributed by atoms with Gasteiger partial charge in [0, 0.05) is 5.54 Å². The van der Waals surface area contributed by atoms with Crippen LogP contribution in [0.3, 0.4) is 0 Å². The Labute approximate surface area is 65.8 Å². The van der Waals surface area contributed by atoms with Crippen LogP contribution in [0.2, 0.25) is 5.15 Å². The summed E-state index contributed by atoms with van der Waals surface area (Å²) in [7, 11) is 0. The predicted octanol–water partition coefficient (Wildman–Crippen LogP) is 2.29. The lowest BCUT2D eigenvalue weighted by atomic mass is 10.1. The zero-order valence-corrected chi connectivity index (χ0v) is 7.18. The molecule has 0 bridgehead atoms. The molecule has 0 fully saturated rings. The standard InChI is InChI=1S/C7H11ClN2/c1-7(2,3)10-5-9-4-6(10)8/h4-5H,1-3H3. The highest BCUT2D eigenvalue weighted by molar-refractivity contribution is 6.29. The third-order valence-corrected chi connectivity index (χ3v) is 1.60. The molecular formula is C7H11ClN2. The molecule has 3 heteroatoms. The molecule has 0 N–H and O–H groups in total. The fourth-order valence-electron chi connectivity index (χ4n) is 0.772. The molecule has 0 atom stereocenters. The van der Waals surface area contributed by atoms with Crippen LogP contribution in [0.15, 0.2) is 12.5 Å². The molecule has 0 amide bonds. The molecule has 0 aliphatic rings. The Morgan fingerprint density at radius 1 is 1.50 bits per heavy atom. The maximum absolute atomic E-state index is 5.82. The van der Waals surface area contributed by atoms with Crippen molar-refractivity contribution in [1.82, 2.24) is 9.55 Å². The number of nitrogens with zero attached hydrogens (tertiary/aromatic N) is 2. The maximum Gasteiger partial charge on any atom is 0.129 e. The minimum atomic E-state index is 0.0353. The minimum absolute atomic E-state index is 0.0353. The van der Waals surface area contributed by atoms with Gasteiger partial charge in [0.05, 0.1) is 12.5 Å². The van der Waals surface area contributed by atoms with Crippen LogP contribution in [-0.4, -0.2) is 9.55 Å². The molecule has 0 spiro atoms. The second-order valence-electron chi connectivity index (χ2n) is 3.26. The van der Waals surface area contributed by atoms with E-state index in [1.165, 1.54) is 0 Å². The number of imidazole rings is 1. The topological polar surface area (TPSA) is 17.8 Å². The minimum Gasteiger partial charge on any atom is -0.316 e. The predicted molar refractivity (Wildman–Crippen MR) is 42.2 cm³/mol. The Morgan fingerprint density at radius 2 is 2.10 bits per heavy atom. The lowest BCUT2D eigenvalue weighted by molar-refractivity contribution is 0.397. The Kier molecular flexibility index (Phi) is 1.73. The summed E-state index contributed by atoms with van der Waals surface area (Å²) in [6.07, 6.45) is 3.38. The van der Waals surface area contributed by atoms with E-state index in [0.29, 0.717) is 5.15 Å². The zero-order valence-electron chi connectivity index (χ0n) is 6.43. The number of halogens is 1. The fraction of sp³-hybridized carbons (Fsp3) is 0.571. The molecule has 0 unspecified atom stereocenters. The summed E-state index contributed by atoms with van der Waals surface area (Å²) in [6.45, 7) is 6.25. The van der Waals surface area contributed by atoms with Gasteiger partial charge in [-0.15, -0.1) is 0 Å². The summed E-state index contributed by atoms with van der Waals surface area (Å²) >= 11 is 5.82. The van der Waals surface area contributed by atoms with Crippen molar-refractivity contribution in [1.29, 1.82) is 0 Å². The van der Waals surface area contributed by atoms with Crippen LogP contribution in [0.5, 0.6) is 0 Å². The second-order valence-corrected chi connectivity index (χ2v) is 3.64. The summed E-state index contributed by atoms with van der Waals surface area (Å²) < 4.78 is 1.93. The largest absolute Gasteiger partial charge is 0.316 e. The van der Waals surface area contributed by atoms with Crippen LogP contribution in [0.4, 0.5) is 0 Å². The van der Waals surface area contributed by atoms with E-state index in [1.54, 1.807) is 12.5 Å². The van der Waals surface area contributed by atoms with Crippen LogP contribution in [0.25, 0.3) is 0 Å². The normalized spacial score (nSPS) is 12.0. The molecule has 1 aromatic heterocycles. The molecule has 1 heterocycles. The zero-order chi connectivity index (χ0) is 7.78. The number of rotatable bonds is 0. The molecule has 1 aromatic rings. The molecule has 10 heavy (non-hydrogen) atoms. The number of hydrogen-bond donors (Lipinski definition) is 0. The average Bonchev–Trinajstić information content (AvgIpc) is 2.11. The van der Waals surface area contributed by atoms with Gasteiger partial charge in [-0.2, -0.15) is 0 Å². The number of hydrogen-bond acceptors (Lipinski definition) is 1. The molecule has 0 aromatic carbocycles. The molecule has 0 saturated carbocycles. The molecule has 0 aliphatic carbocycles. The smallest absolute Gasteiger partial charge is 0.129 e. The molecule has 56 valence electrons. The summed E-state index contributed by atoms with van der Waals surface area (Å²) in [5, 5.41) is 0.688. The van der Waals surface area contributed by atoms with Crippen molar-refractivity contribution in [3.8, 4) is 0 Å². The van der Waals surface area contributed by atoms with Crippen molar-refractivity contribution < 1.29 is 0 Å². The summed E-state index contributed by atoms with van der Waals surface area (Å²) in [6, 6.07) is 0. The first kappa shape index (κ1) is 7.61. The highest BCUT2D eigenvalue weighted by atomic mass is 35.5. The van der Waals surface area contributed by atoms with Crippen LogP contribution in [0.1, 0.15) is 20.8 Å². The van der Waals surface area contributed by atoms with E-state index >= 15 is 0 Å². The Balaban J connectivity index is 3.05. The van der Waals surface area contributed by atoms with Gasteiger partial charge in [0.25, 0.3) is 0 Å². The van der Waals surface area contributed by atoms with Crippen molar-refractivity contribution in [2.45, 2.75) is 26.3 Å². The van der Waals surface area contributed by atoms with Gasteiger partial charge in [-0.1, -0.05) is 11.6 Å². The van der Waals surface area contributed by atoms with Gasteiger partial charge in [-0.05, 0) is 20.8 Å². The van der Waals surface area contributed by atoms with E-state index in [4.69, 9.17) is 11.6 Å². The number of aromatic nitrogens is 2. The van der Waals surface area contributed by atoms with Gasteiger partial charge in [-0.3, -0.25) is 0 Å². The van der Waals surface area contributed by atoms with E-state index < -0.39 is 0 Å². The lowest BCUT2D eigenvalue weighted by Crippen LogP contribution is -2.20. The molecule has 0 radical (unpaired) electrons.